The maximum absolute atomic E-state index is 12.4. The molecule has 0 bridgehead atoms. The topological polar surface area (TPSA) is 21.3 Å². The van der Waals surface area contributed by atoms with Gasteiger partial charge in [0.2, 0.25) is 0 Å². The minimum atomic E-state index is -2.85. The fourth-order valence-corrected chi connectivity index (χ4v) is 2.19. The van der Waals surface area contributed by atoms with Crippen LogP contribution in [0.3, 0.4) is 0 Å². The van der Waals surface area contributed by atoms with Gasteiger partial charge in [0, 0.05) is 22.8 Å². The van der Waals surface area contributed by atoms with Crippen LogP contribution < -0.4 is 10.1 Å². The van der Waals surface area contributed by atoms with Gasteiger partial charge in [0.25, 0.3) is 0 Å². The van der Waals surface area contributed by atoms with E-state index in [4.69, 9.17) is 11.6 Å². The molecule has 0 radical (unpaired) electrons. The van der Waals surface area contributed by atoms with Gasteiger partial charge in [0.15, 0.2) is 0 Å². The number of halogens is 3. The Bertz CT molecular complexity index is 605. The summed E-state index contributed by atoms with van der Waals surface area (Å²) < 4.78 is 29.3. The Morgan fingerprint density at radius 3 is 2.71 bits per heavy atom. The first kappa shape index (κ1) is 15.6. The van der Waals surface area contributed by atoms with Crippen molar-refractivity contribution in [2.24, 2.45) is 0 Å². The summed E-state index contributed by atoms with van der Waals surface area (Å²) in [5, 5.41) is 3.68. The standard InChI is InChI=1S/C16H16ClF2NO/c1-2-11-4-3-5-14(8-11)20-10-12-9-13(17)6-7-15(12)21-16(18)19/h3-9,16,20H,2,10H2,1H3. The highest BCUT2D eigenvalue weighted by Crippen LogP contribution is 2.25. The molecule has 0 aliphatic heterocycles. The molecule has 21 heavy (non-hydrogen) atoms. The highest BCUT2D eigenvalue weighted by molar-refractivity contribution is 6.30. The Hall–Kier alpha value is -1.81. The van der Waals surface area contributed by atoms with Gasteiger partial charge >= 0.3 is 6.61 Å². The molecule has 1 N–H and O–H groups in total. The number of benzene rings is 2. The maximum Gasteiger partial charge on any atom is 0.387 e. The van der Waals surface area contributed by atoms with E-state index < -0.39 is 6.61 Å². The number of hydrogen-bond acceptors (Lipinski definition) is 2. The normalized spacial score (nSPS) is 10.7. The number of rotatable bonds is 6. The van der Waals surface area contributed by atoms with E-state index in [0.29, 0.717) is 17.1 Å². The molecular weight excluding hydrogens is 296 g/mol. The van der Waals surface area contributed by atoms with Gasteiger partial charge in [0.1, 0.15) is 5.75 Å². The van der Waals surface area contributed by atoms with Gasteiger partial charge in [-0.1, -0.05) is 30.7 Å². The predicted octanol–water partition coefficient (Wildman–Crippen LogP) is 5.12. The molecule has 0 fully saturated rings. The molecule has 2 aromatic rings. The molecule has 0 saturated heterocycles. The third-order valence-corrected chi connectivity index (χ3v) is 3.29. The highest BCUT2D eigenvalue weighted by Gasteiger charge is 2.10. The van der Waals surface area contributed by atoms with Crippen molar-refractivity contribution < 1.29 is 13.5 Å². The van der Waals surface area contributed by atoms with Crippen molar-refractivity contribution in [1.82, 2.24) is 0 Å². The van der Waals surface area contributed by atoms with Gasteiger partial charge in [-0.3, -0.25) is 0 Å². The monoisotopic (exact) mass is 311 g/mol. The average Bonchev–Trinajstić information content (AvgIpc) is 2.47. The lowest BCUT2D eigenvalue weighted by Gasteiger charge is -2.13. The molecule has 0 atom stereocenters. The SMILES string of the molecule is CCc1cccc(NCc2cc(Cl)ccc2OC(F)F)c1. The van der Waals surface area contributed by atoms with Gasteiger partial charge in [-0.2, -0.15) is 8.78 Å². The number of hydrogen-bond donors (Lipinski definition) is 1. The fraction of sp³-hybridized carbons (Fsp3) is 0.250. The van der Waals surface area contributed by atoms with E-state index >= 15 is 0 Å². The second kappa shape index (κ2) is 7.27. The molecule has 2 nitrogen and oxygen atoms in total. The number of aryl methyl sites for hydroxylation is 1. The molecule has 0 aromatic heterocycles. The van der Waals surface area contributed by atoms with E-state index in [2.05, 4.69) is 17.0 Å². The van der Waals surface area contributed by atoms with Crippen molar-refractivity contribution in [2.75, 3.05) is 5.32 Å². The molecule has 0 aliphatic carbocycles. The van der Waals surface area contributed by atoms with Crippen LogP contribution in [0.1, 0.15) is 18.1 Å². The van der Waals surface area contributed by atoms with Gasteiger partial charge < -0.3 is 10.1 Å². The van der Waals surface area contributed by atoms with Crippen LogP contribution in [-0.4, -0.2) is 6.61 Å². The first-order valence-corrected chi connectivity index (χ1v) is 7.02. The summed E-state index contributed by atoms with van der Waals surface area (Å²) >= 11 is 5.91. The lowest BCUT2D eigenvalue weighted by molar-refractivity contribution is -0.0504. The second-order valence-electron chi connectivity index (χ2n) is 4.54. The molecule has 2 aromatic carbocycles. The lowest BCUT2D eigenvalue weighted by Crippen LogP contribution is -2.07. The Balaban J connectivity index is 2.12. The number of alkyl halides is 2. The quantitative estimate of drug-likeness (QED) is 0.800. The fourth-order valence-electron chi connectivity index (χ4n) is 2.00. The highest BCUT2D eigenvalue weighted by atomic mass is 35.5. The van der Waals surface area contributed by atoms with Crippen molar-refractivity contribution in [3.8, 4) is 5.75 Å². The number of anilines is 1. The number of nitrogens with one attached hydrogen (secondary N) is 1. The van der Waals surface area contributed by atoms with Crippen LogP contribution in [-0.2, 0) is 13.0 Å². The molecule has 112 valence electrons. The molecular formula is C16H16ClF2NO. The van der Waals surface area contributed by atoms with Crippen LogP contribution in [0.15, 0.2) is 42.5 Å². The molecule has 2 rings (SSSR count). The van der Waals surface area contributed by atoms with E-state index in [-0.39, 0.29) is 5.75 Å². The van der Waals surface area contributed by atoms with E-state index in [0.717, 1.165) is 12.1 Å². The zero-order valence-electron chi connectivity index (χ0n) is 11.6. The summed E-state index contributed by atoms with van der Waals surface area (Å²) in [7, 11) is 0. The molecule has 0 unspecified atom stereocenters. The largest absolute Gasteiger partial charge is 0.434 e. The first-order valence-electron chi connectivity index (χ1n) is 6.64. The summed E-state index contributed by atoms with van der Waals surface area (Å²) in [5.74, 6) is 0.133. The summed E-state index contributed by atoms with van der Waals surface area (Å²) in [4.78, 5) is 0. The summed E-state index contributed by atoms with van der Waals surface area (Å²) in [6.45, 7) is -0.422. The predicted molar refractivity (Wildman–Crippen MR) is 81.2 cm³/mol. The van der Waals surface area contributed by atoms with Gasteiger partial charge in [-0.25, -0.2) is 0 Å². The van der Waals surface area contributed by atoms with Crippen molar-refractivity contribution in [3.05, 3.63) is 58.6 Å². The van der Waals surface area contributed by atoms with E-state index in [9.17, 15) is 8.78 Å². The minimum absolute atomic E-state index is 0.133. The molecule has 5 heteroatoms. The smallest absolute Gasteiger partial charge is 0.387 e. The third kappa shape index (κ3) is 4.60. The second-order valence-corrected chi connectivity index (χ2v) is 4.97. The first-order chi connectivity index (χ1) is 10.1. The van der Waals surface area contributed by atoms with E-state index in [1.807, 2.05) is 24.3 Å². The zero-order chi connectivity index (χ0) is 15.2. The minimum Gasteiger partial charge on any atom is -0.434 e. The number of ether oxygens (including phenoxy) is 1. The Labute approximate surface area is 127 Å². The molecule has 0 spiro atoms. The van der Waals surface area contributed by atoms with Gasteiger partial charge in [0.05, 0.1) is 0 Å². The Morgan fingerprint density at radius 2 is 2.00 bits per heavy atom. The van der Waals surface area contributed by atoms with Crippen LogP contribution in [0.25, 0.3) is 0 Å². The third-order valence-electron chi connectivity index (χ3n) is 3.06. The van der Waals surface area contributed by atoms with Gasteiger partial charge in [-0.15, -0.1) is 0 Å². The molecule has 0 saturated carbocycles. The van der Waals surface area contributed by atoms with E-state index in [1.165, 1.54) is 17.7 Å². The van der Waals surface area contributed by atoms with E-state index in [1.54, 1.807) is 6.07 Å². The van der Waals surface area contributed by atoms with Crippen molar-refractivity contribution in [2.45, 2.75) is 26.5 Å². The Morgan fingerprint density at radius 1 is 1.19 bits per heavy atom. The van der Waals surface area contributed by atoms with Crippen molar-refractivity contribution in [1.29, 1.82) is 0 Å². The van der Waals surface area contributed by atoms with Crippen LogP contribution in [0, 0.1) is 0 Å². The van der Waals surface area contributed by atoms with Crippen molar-refractivity contribution in [3.63, 3.8) is 0 Å². The maximum atomic E-state index is 12.4. The Kier molecular flexibility index (Phi) is 5.39. The van der Waals surface area contributed by atoms with Crippen LogP contribution >= 0.6 is 11.6 Å². The van der Waals surface area contributed by atoms with Crippen LogP contribution in [0.4, 0.5) is 14.5 Å². The summed E-state index contributed by atoms with van der Waals surface area (Å²) in [6.07, 6.45) is 0.937. The summed E-state index contributed by atoms with van der Waals surface area (Å²) in [5.41, 5.74) is 2.72. The molecule has 0 amide bonds. The van der Waals surface area contributed by atoms with Crippen LogP contribution in [0.5, 0.6) is 5.75 Å². The summed E-state index contributed by atoms with van der Waals surface area (Å²) in [6, 6.07) is 12.5. The van der Waals surface area contributed by atoms with Gasteiger partial charge in [-0.05, 0) is 42.3 Å². The average molecular weight is 312 g/mol. The molecule has 0 aliphatic rings. The molecule has 0 heterocycles. The zero-order valence-corrected chi connectivity index (χ0v) is 12.3. The van der Waals surface area contributed by atoms with Crippen molar-refractivity contribution >= 4 is 17.3 Å². The lowest BCUT2D eigenvalue weighted by atomic mass is 10.1. The van der Waals surface area contributed by atoms with Crippen LogP contribution in [0.2, 0.25) is 5.02 Å².